The van der Waals surface area contributed by atoms with E-state index in [0.717, 1.165) is 6.04 Å². The third-order valence-electron chi connectivity index (χ3n) is 7.22. The first-order valence-corrected chi connectivity index (χ1v) is 18.7. The van der Waals surface area contributed by atoms with Crippen molar-refractivity contribution in [2.45, 2.75) is 155 Å². The highest BCUT2D eigenvalue weighted by Gasteiger charge is 2.52. The molecule has 0 radical (unpaired) electrons. The van der Waals surface area contributed by atoms with Gasteiger partial charge in [-0.1, -0.05) is 90.3 Å². The maximum atomic E-state index is 12.0. The first-order chi connectivity index (χ1) is 19.4. The summed E-state index contributed by atoms with van der Waals surface area (Å²) in [5.41, 5.74) is 0. The van der Waals surface area contributed by atoms with Crippen molar-refractivity contribution in [1.82, 2.24) is 0 Å². The van der Waals surface area contributed by atoms with Gasteiger partial charge < -0.3 is 28.4 Å². The summed E-state index contributed by atoms with van der Waals surface area (Å²) in [6, 6.07) is 2.04. The van der Waals surface area contributed by atoms with E-state index in [-0.39, 0.29) is 6.61 Å². The van der Waals surface area contributed by atoms with Gasteiger partial charge in [-0.05, 0) is 6.04 Å². The molecule has 1 unspecified atom stereocenters. The number of carbonyl (C=O) groups excluding carboxylic acids is 4. The third kappa shape index (κ3) is 16.3. The van der Waals surface area contributed by atoms with E-state index in [1.165, 1.54) is 97.9 Å². The van der Waals surface area contributed by atoms with Gasteiger partial charge in [0.05, 0.1) is 0 Å². The van der Waals surface area contributed by atoms with E-state index in [4.69, 9.17) is 28.4 Å². The lowest BCUT2D eigenvalue weighted by Gasteiger charge is -2.44. The second-order valence-corrected chi connectivity index (χ2v) is 17.1. The molecule has 1 saturated heterocycles. The number of rotatable bonds is 20. The molecule has 0 N–H and O–H groups in total. The molecule has 0 spiro atoms. The van der Waals surface area contributed by atoms with Crippen LogP contribution in [-0.4, -0.2) is 75.9 Å². The van der Waals surface area contributed by atoms with Crippen molar-refractivity contribution in [2.24, 2.45) is 0 Å². The van der Waals surface area contributed by atoms with Crippen LogP contribution in [0.4, 0.5) is 0 Å². The average molecular weight is 603 g/mol. The van der Waals surface area contributed by atoms with E-state index in [2.05, 4.69) is 20.0 Å². The summed E-state index contributed by atoms with van der Waals surface area (Å²) in [5.74, 6) is -2.52. The minimum absolute atomic E-state index is 0.267. The van der Waals surface area contributed by atoms with Crippen molar-refractivity contribution >= 4 is 32.0 Å². The Morgan fingerprint density at radius 2 is 1.12 bits per heavy atom. The predicted molar refractivity (Wildman–Crippen MR) is 157 cm³/mol. The third-order valence-corrected chi connectivity index (χ3v) is 10.5. The lowest BCUT2D eigenvalue weighted by molar-refractivity contribution is -0.307. The molecule has 11 heteroatoms. The van der Waals surface area contributed by atoms with Gasteiger partial charge in [0.2, 0.25) is 0 Å². The topological polar surface area (TPSA) is 124 Å². The fourth-order valence-electron chi connectivity index (χ4n) is 4.99. The highest BCUT2D eigenvalue weighted by atomic mass is 28.3. The van der Waals surface area contributed by atoms with Crippen molar-refractivity contribution in [3.05, 3.63) is 0 Å². The lowest BCUT2D eigenvalue weighted by Crippen LogP contribution is -2.63. The summed E-state index contributed by atoms with van der Waals surface area (Å²) >= 11 is 0. The summed E-state index contributed by atoms with van der Waals surface area (Å²) in [5, 5.41) is 0. The summed E-state index contributed by atoms with van der Waals surface area (Å²) in [6.07, 6.45) is 7.36. The zero-order valence-electron chi connectivity index (χ0n) is 26.4. The second kappa shape index (κ2) is 20.0. The number of hydrogen-bond acceptors (Lipinski definition) is 10. The molecule has 0 bridgehead atoms. The molecule has 5 atom stereocenters. The van der Waals surface area contributed by atoms with Gasteiger partial charge in [-0.3, -0.25) is 19.2 Å². The predicted octanol–water partition coefficient (Wildman–Crippen LogP) is 5.72. The Hall–Kier alpha value is -1.98. The molecule has 1 aliphatic heterocycles. The van der Waals surface area contributed by atoms with Crippen LogP contribution in [0.5, 0.6) is 0 Å². The quantitative estimate of drug-likeness (QED) is 0.0740. The summed E-state index contributed by atoms with van der Waals surface area (Å²) in [7, 11) is -1.57. The molecule has 1 aliphatic rings. The van der Waals surface area contributed by atoms with E-state index in [9.17, 15) is 19.2 Å². The molecule has 0 aliphatic carbocycles. The summed E-state index contributed by atoms with van der Waals surface area (Å²) < 4.78 is 33.6. The molecule has 0 saturated carbocycles. The molecule has 10 nitrogen and oxygen atoms in total. The Kier molecular flexibility index (Phi) is 18.1. The fourth-order valence-corrected chi connectivity index (χ4v) is 7.12. The molecule has 0 aromatic carbocycles. The lowest BCUT2D eigenvalue weighted by atomic mass is 9.98. The number of esters is 4. The summed E-state index contributed by atoms with van der Waals surface area (Å²) in [4.78, 5) is 47.3. The SMILES string of the molecule is CCCCCCCCCCCC[Si](C)(C)CCOC1O[C@H](COC(C)=O)[C@@H](OC(C)=O)[C@H](OC(C)=O)[C@@H]1OC(C)=O. The van der Waals surface area contributed by atoms with Crippen LogP contribution in [0, 0.1) is 0 Å². The monoisotopic (exact) mass is 602 g/mol. The van der Waals surface area contributed by atoms with Gasteiger partial charge in [-0.15, -0.1) is 0 Å². The Morgan fingerprint density at radius 1 is 0.634 bits per heavy atom. The van der Waals surface area contributed by atoms with E-state index in [0.29, 0.717) is 6.61 Å². The van der Waals surface area contributed by atoms with E-state index >= 15 is 0 Å². The van der Waals surface area contributed by atoms with Gasteiger partial charge in [0, 0.05) is 42.4 Å². The van der Waals surface area contributed by atoms with Crippen molar-refractivity contribution in [2.75, 3.05) is 13.2 Å². The smallest absolute Gasteiger partial charge is 0.303 e. The minimum atomic E-state index is -1.57. The van der Waals surface area contributed by atoms with Gasteiger partial charge in [-0.2, -0.15) is 0 Å². The Balaban J connectivity index is 2.76. The van der Waals surface area contributed by atoms with Crippen LogP contribution in [0.15, 0.2) is 0 Å². The molecule has 41 heavy (non-hydrogen) atoms. The second-order valence-electron chi connectivity index (χ2n) is 11.8. The largest absolute Gasteiger partial charge is 0.463 e. The Morgan fingerprint density at radius 3 is 1.63 bits per heavy atom. The van der Waals surface area contributed by atoms with Gasteiger partial charge in [-0.25, -0.2) is 0 Å². The Labute approximate surface area is 247 Å². The highest BCUT2D eigenvalue weighted by molar-refractivity contribution is 6.77. The summed E-state index contributed by atoms with van der Waals surface area (Å²) in [6.45, 7) is 11.8. The zero-order chi connectivity index (χ0) is 30.8. The minimum Gasteiger partial charge on any atom is -0.463 e. The highest BCUT2D eigenvalue weighted by Crippen LogP contribution is 2.31. The van der Waals surface area contributed by atoms with Crippen LogP contribution < -0.4 is 0 Å². The number of unbranched alkanes of at least 4 members (excludes halogenated alkanes) is 9. The Bertz CT molecular complexity index is 802. The first kappa shape index (κ1) is 37.0. The molecular formula is C30H54O10Si. The molecule has 1 heterocycles. The standard InChI is InChI=1S/C30H54O10Si/c1-8-9-10-11-12-13-14-15-16-17-19-41(6,7)20-18-35-30-29(39-25(5)34)28(38-24(4)33)27(37-23(3)32)26(40-30)21-36-22(2)31/h26-30H,8-21H2,1-7H3/t26-,27-,28+,29+,30?/m1/s1. The van der Waals surface area contributed by atoms with Crippen molar-refractivity contribution in [3.8, 4) is 0 Å². The van der Waals surface area contributed by atoms with Crippen LogP contribution in [0.2, 0.25) is 25.2 Å². The van der Waals surface area contributed by atoms with Gasteiger partial charge in [0.1, 0.15) is 12.7 Å². The van der Waals surface area contributed by atoms with Gasteiger partial charge in [0.15, 0.2) is 24.6 Å². The van der Waals surface area contributed by atoms with Gasteiger partial charge in [0.25, 0.3) is 0 Å². The van der Waals surface area contributed by atoms with Crippen molar-refractivity contribution in [3.63, 3.8) is 0 Å². The molecule has 1 rings (SSSR count). The molecule has 1 fully saturated rings. The maximum absolute atomic E-state index is 12.0. The van der Waals surface area contributed by atoms with Crippen molar-refractivity contribution in [1.29, 1.82) is 0 Å². The number of ether oxygens (including phenoxy) is 6. The van der Waals surface area contributed by atoms with Crippen LogP contribution in [0.25, 0.3) is 0 Å². The van der Waals surface area contributed by atoms with Crippen LogP contribution in [0.3, 0.4) is 0 Å². The molecule has 238 valence electrons. The fraction of sp³-hybridized carbons (Fsp3) is 0.867. The number of carbonyl (C=O) groups is 4. The van der Waals surface area contributed by atoms with Crippen LogP contribution in [0.1, 0.15) is 98.8 Å². The van der Waals surface area contributed by atoms with E-state index in [1.807, 2.05) is 0 Å². The molecule has 0 aromatic rings. The maximum Gasteiger partial charge on any atom is 0.303 e. The van der Waals surface area contributed by atoms with E-state index < -0.39 is 62.7 Å². The van der Waals surface area contributed by atoms with Gasteiger partial charge >= 0.3 is 23.9 Å². The molecule has 0 amide bonds. The number of hydrogen-bond donors (Lipinski definition) is 0. The normalized spacial score (nSPS) is 22.6. The van der Waals surface area contributed by atoms with Crippen LogP contribution in [-0.2, 0) is 47.6 Å². The molecular weight excluding hydrogens is 548 g/mol. The van der Waals surface area contributed by atoms with Crippen LogP contribution >= 0.6 is 0 Å². The van der Waals surface area contributed by atoms with E-state index in [1.54, 1.807) is 0 Å². The van der Waals surface area contributed by atoms with Crippen molar-refractivity contribution < 1.29 is 47.6 Å². The zero-order valence-corrected chi connectivity index (χ0v) is 27.4. The molecule has 0 aromatic heterocycles. The first-order valence-electron chi connectivity index (χ1n) is 15.3. The average Bonchev–Trinajstić information content (AvgIpc) is 2.86.